The molecule has 0 aliphatic carbocycles. The van der Waals surface area contributed by atoms with Crippen molar-refractivity contribution in [3.05, 3.63) is 59.1 Å². The summed E-state index contributed by atoms with van der Waals surface area (Å²) in [7, 11) is 2.01. The van der Waals surface area contributed by atoms with E-state index in [0.29, 0.717) is 19.8 Å². The highest BCUT2D eigenvalue weighted by atomic mass is 35.5. The van der Waals surface area contributed by atoms with E-state index in [0.717, 1.165) is 28.6 Å². The van der Waals surface area contributed by atoms with Gasteiger partial charge in [-0.25, -0.2) is 0 Å². The number of halogens is 2. The summed E-state index contributed by atoms with van der Waals surface area (Å²) in [6, 6.07) is 15.7. The summed E-state index contributed by atoms with van der Waals surface area (Å²) in [4.78, 5) is 7.31. The predicted molar refractivity (Wildman–Crippen MR) is 130 cm³/mol. The minimum Gasteiger partial charge on any atom is -0.489 e. The lowest BCUT2D eigenvalue weighted by atomic mass is 9.90. The number of hydrogen-bond donors (Lipinski definition) is 0. The first kappa shape index (κ1) is 24.9. The van der Waals surface area contributed by atoms with Gasteiger partial charge in [-0.05, 0) is 61.5 Å². The van der Waals surface area contributed by atoms with Crippen LogP contribution in [-0.4, -0.2) is 32.6 Å². The molecule has 2 rings (SSSR count). The van der Waals surface area contributed by atoms with Crippen molar-refractivity contribution in [1.82, 2.24) is 0 Å². The maximum absolute atomic E-state index is 5.93. The summed E-state index contributed by atoms with van der Waals surface area (Å²) in [5.74, 6) is 1.52. The Morgan fingerprint density at radius 1 is 0.935 bits per heavy atom. The number of ether oxygens (including phenoxy) is 2. The highest BCUT2D eigenvalue weighted by Gasteiger charge is 2.20. The summed E-state index contributed by atoms with van der Waals surface area (Å²) in [6.45, 7) is 9.42. The van der Waals surface area contributed by atoms with E-state index in [-0.39, 0.29) is 9.91 Å². The van der Waals surface area contributed by atoms with Crippen LogP contribution >= 0.6 is 23.2 Å². The number of anilines is 2. The third-order valence-corrected chi connectivity index (χ3v) is 4.79. The van der Waals surface area contributed by atoms with Crippen LogP contribution in [0.3, 0.4) is 0 Å². The quantitative estimate of drug-likeness (QED) is 0.281. The first-order valence-electron chi connectivity index (χ1n) is 10.1. The molecule has 0 aliphatic heterocycles. The fourth-order valence-electron chi connectivity index (χ4n) is 2.56. The Labute approximate surface area is 195 Å². The van der Waals surface area contributed by atoms with E-state index in [9.17, 15) is 0 Å². The van der Waals surface area contributed by atoms with Gasteiger partial charge in [0.1, 0.15) is 35.8 Å². The van der Waals surface area contributed by atoms with Crippen molar-refractivity contribution in [1.29, 1.82) is 0 Å². The van der Waals surface area contributed by atoms with E-state index < -0.39 is 0 Å². The van der Waals surface area contributed by atoms with Crippen molar-refractivity contribution in [3.63, 3.8) is 0 Å². The molecule has 0 aliphatic rings. The lowest BCUT2D eigenvalue weighted by Crippen LogP contribution is -2.27. The average Bonchev–Trinajstić information content (AvgIpc) is 2.73. The van der Waals surface area contributed by atoms with Gasteiger partial charge in [-0.2, -0.15) is 0 Å². The lowest BCUT2D eigenvalue weighted by molar-refractivity contribution is 0.152. The van der Waals surface area contributed by atoms with Crippen molar-refractivity contribution in [2.24, 2.45) is 10.6 Å². The molecule has 0 radical (unpaired) electrons. The van der Waals surface area contributed by atoms with Crippen molar-refractivity contribution in [2.75, 3.05) is 31.8 Å². The average molecular weight is 465 g/mol. The SMILES string of the molecule is CCON=C(COc1ccc(N(C)c2ccc(OCC=C(Cl)Cl)cc2)cc1)C(C)(C)C. The van der Waals surface area contributed by atoms with E-state index >= 15 is 0 Å². The molecule has 0 saturated heterocycles. The molecule has 5 nitrogen and oxygen atoms in total. The van der Waals surface area contributed by atoms with Crippen LogP contribution in [0.1, 0.15) is 27.7 Å². The van der Waals surface area contributed by atoms with Gasteiger partial charge in [0.05, 0.1) is 5.71 Å². The van der Waals surface area contributed by atoms with Gasteiger partial charge < -0.3 is 19.2 Å². The molecule has 0 aromatic heterocycles. The zero-order valence-corrected chi connectivity index (χ0v) is 20.2. The highest BCUT2D eigenvalue weighted by molar-refractivity contribution is 6.55. The van der Waals surface area contributed by atoms with Gasteiger partial charge in [-0.1, -0.05) is 49.1 Å². The molecule has 0 unspecified atom stereocenters. The van der Waals surface area contributed by atoms with Gasteiger partial charge in [0, 0.05) is 23.8 Å². The second-order valence-corrected chi connectivity index (χ2v) is 8.85. The van der Waals surface area contributed by atoms with E-state index in [2.05, 4.69) is 30.8 Å². The van der Waals surface area contributed by atoms with Crippen LogP contribution in [0.5, 0.6) is 11.5 Å². The molecule has 0 heterocycles. The predicted octanol–water partition coefficient (Wildman–Crippen LogP) is 6.97. The van der Waals surface area contributed by atoms with E-state index in [1.807, 2.05) is 62.5 Å². The minimum atomic E-state index is -0.127. The Morgan fingerprint density at radius 3 is 1.90 bits per heavy atom. The smallest absolute Gasteiger partial charge is 0.130 e. The number of rotatable bonds is 10. The van der Waals surface area contributed by atoms with Gasteiger partial charge in [-0.3, -0.25) is 0 Å². The molecule has 31 heavy (non-hydrogen) atoms. The van der Waals surface area contributed by atoms with Crippen LogP contribution in [0.2, 0.25) is 0 Å². The Balaban J connectivity index is 1.98. The van der Waals surface area contributed by atoms with Crippen LogP contribution in [0, 0.1) is 5.41 Å². The molecule has 2 aromatic rings. The fraction of sp³-hybridized carbons (Fsp3) is 0.375. The fourth-order valence-corrected chi connectivity index (χ4v) is 2.68. The number of hydrogen-bond acceptors (Lipinski definition) is 5. The van der Waals surface area contributed by atoms with Gasteiger partial charge >= 0.3 is 0 Å². The van der Waals surface area contributed by atoms with Gasteiger partial charge in [0.25, 0.3) is 0 Å². The summed E-state index contributed by atoms with van der Waals surface area (Å²) in [6.07, 6.45) is 1.60. The largest absolute Gasteiger partial charge is 0.489 e. The first-order chi connectivity index (χ1) is 14.7. The minimum absolute atomic E-state index is 0.127. The molecular formula is C24H30Cl2N2O3. The Kier molecular flexibility index (Phi) is 9.53. The second kappa shape index (κ2) is 11.9. The van der Waals surface area contributed by atoms with Gasteiger partial charge in [0.15, 0.2) is 0 Å². The molecule has 0 atom stereocenters. The summed E-state index contributed by atoms with van der Waals surface area (Å²) >= 11 is 11.2. The first-order valence-corrected chi connectivity index (χ1v) is 10.9. The number of oxime groups is 1. The van der Waals surface area contributed by atoms with Crippen molar-refractivity contribution in [2.45, 2.75) is 27.7 Å². The number of nitrogens with zero attached hydrogens (tertiary/aromatic N) is 2. The van der Waals surface area contributed by atoms with Crippen LogP contribution in [0.4, 0.5) is 11.4 Å². The Bertz CT molecular complexity index is 869. The molecule has 0 bridgehead atoms. The molecule has 0 spiro atoms. The number of benzene rings is 2. The summed E-state index contributed by atoms with van der Waals surface area (Å²) in [5, 5.41) is 4.21. The van der Waals surface area contributed by atoms with Crippen LogP contribution in [0.15, 0.2) is 64.3 Å². The van der Waals surface area contributed by atoms with Gasteiger partial charge in [0.2, 0.25) is 0 Å². The molecular weight excluding hydrogens is 435 g/mol. The normalized spacial score (nSPS) is 11.6. The van der Waals surface area contributed by atoms with Crippen molar-refractivity contribution >= 4 is 40.3 Å². The van der Waals surface area contributed by atoms with Crippen LogP contribution in [0.25, 0.3) is 0 Å². The Morgan fingerprint density at radius 2 is 1.45 bits per heavy atom. The van der Waals surface area contributed by atoms with E-state index in [1.165, 1.54) is 0 Å². The van der Waals surface area contributed by atoms with Crippen molar-refractivity contribution in [3.8, 4) is 11.5 Å². The third-order valence-electron chi connectivity index (χ3n) is 4.48. The topological polar surface area (TPSA) is 43.3 Å². The standard InChI is InChI=1S/C24H30Cl2N2O3/c1-6-31-27-22(24(2,3)4)17-30-21-13-9-19(10-14-21)28(5)18-7-11-20(12-8-18)29-16-15-23(25)26/h7-15H,6,16-17H2,1-5H3. The molecule has 0 fully saturated rings. The maximum atomic E-state index is 5.93. The molecule has 0 saturated carbocycles. The lowest BCUT2D eigenvalue weighted by Gasteiger charge is -2.22. The molecule has 168 valence electrons. The monoisotopic (exact) mass is 464 g/mol. The van der Waals surface area contributed by atoms with Crippen LogP contribution < -0.4 is 14.4 Å². The zero-order chi connectivity index (χ0) is 22.9. The van der Waals surface area contributed by atoms with Gasteiger partial charge in [-0.15, -0.1) is 0 Å². The van der Waals surface area contributed by atoms with E-state index in [1.54, 1.807) is 6.08 Å². The molecule has 7 heteroatoms. The highest BCUT2D eigenvalue weighted by Crippen LogP contribution is 2.27. The Hall–Kier alpha value is -2.37. The summed E-state index contributed by atoms with van der Waals surface area (Å²) < 4.78 is 11.7. The second-order valence-electron chi connectivity index (χ2n) is 7.85. The summed E-state index contributed by atoms with van der Waals surface area (Å²) in [5.41, 5.74) is 2.81. The van der Waals surface area contributed by atoms with Crippen molar-refractivity contribution < 1.29 is 14.3 Å². The maximum Gasteiger partial charge on any atom is 0.130 e. The molecule has 2 aromatic carbocycles. The van der Waals surface area contributed by atoms with E-state index in [4.69, 9.17) is 37.5 Å². The molecule has 0 N–H and O–H groups in total. The third kappa shape index (κ3) is 8.35. The zero-order valence-electron chi connectivity index (χ0n) is 18.7. The molecule has 0 amide bonds. The van der Waals surface area contributed by atoms with Crippen LogP contribution in [-0.2, 0) is 4.84 Å².